The molecule has 2 atom stereocenters. The molecule has 13 heavy (non-hydrogen) atoms. The Bertz CT molecular complexity index is 225. The first-order valence-corrected chi connectivity index (χ1v) is 4.14. The number of nitrogens with two attached hydrogens (primary N) is 1. The van der Waals surface area contributed by atoms with Gasteiger partial charge in [-0.05, 0) is 6.07 Å². The Morgan fingerprint density at radius 1 is 1.69 bits per heavy atom. The summed E-state index contributed by atoms with van der Waals surface area (Å²) in [6.07, 6.45) is 2.84. The molecule has 0 aliphatic heterocycles. The van der Waals surface area contributed by atoms with E-state index in [4.69, 9.17) is 10.5 Å². The summed E-state index contributed by atoms with van der Waals surface area (Å²) in [6.45, 7) is 0.750. The van der Waals surface area contributed by atoms with Crippen LogP contribution < -0.4 is 5.73 Å². The molecule has 0 aliphatic rings. The second-order valence-electron chi connectivity index (χ2n) is 2.91. The van der Waals surface area contributed by atoms with Crippen molar-refractivity contribution >= 4 is 0 Å². The fraction of sp³-hybridized carbons (Fsp3) is 0.625. The summed E-state index contributed by atoms with van der Waals surface area (Å²) >= 11 is 0. The van der Waals surface area contributed by atoms with Crippen LogP contribution in [0.15, 0.2) is 18.5 Å². The first kappa shape index (κ1) is 10.2. The number of aliphatic hydroxyl groups excluding tert-OH is 1. The summed E-state index contributed by atoms with van der Waals surface area (Å²) < 4.78 is 6.47. The Labute approximate surface area is 77.1 Å². The predicted octanol–water partition coefficient (Wildman–Crippen LogP) is -0.782. The Hall–Kier alpha value is -0.910. The third-order valence-corrected chi connectivity index (χ3v) is 1.79. The van der Waals surface area contributed by atoms with Gasteiger partial charge in [-0.3, -0.25) is 4.68 Å². The van der Waals surface area contributed by atoms with E-state index in [0.717, 1.165) is 0 Å². The molecule has 0 radical (unpaired) electrons. The van der Waals surface area contributed by atoms with Crippen molar-refractivity contribution in [3.05, 3.63) is 18.5 Å². The van der Waals surface area contributed by atoms with Crippen LogP contribution in [0.3, 0.4) is 0 Å². The van der Waals surface area contributed by atoms with Gasteiger partial charge in [0.25, 0.3) is 0 Å². The van der Waals surface area contributed by atoms with Gasteiger partial charge in [0.2, 0.25) is 0 Å². The Kier molecular flexibility index (Phi) is 3.88. The van der Waals surface area contributed by atoms with E-state index in [1.807, 2.05) is 6.07 Å². The average molecular weight is 185 g/mol. The van der Waals surface area contributed by atoms with E-state index >= 15 is 0 Å². The first-order chi connectivity index (χ1) is 6.24. The third kappa shape index (κ3) is 3.14. The molecule has 1 aromatic rings. The number of rotatable bonds is 5. The number of hydrogen-bond acceptors (Lipinski definition) is 4. The molecule has 0 amide bonds. The molecular formula is C8H15N3O2. The highest BCUT2D eigenvalue weighted by molar-refractivity contribution is 4.80. The van der Waals surface area contributed by atoms with Crippen molar-refractivity contribution in [2.75, 3.05) is 13.7 Å². The highest BCUT2D eigenvalue weighted by Gasteiger charge is 2.14. The molecular weight excluding hydrogens is 170 g/mol. The number of methoxy groups -OCH3 is 1. The van der Waals surface area contributed by atoms with Gasteiger partial charge in [-0.15, -0.1) is 0 Å². The van der Waals surface area contributed by atoms with Crippen LogP contribution in [0.4, 0.5) is 0 Å². The van der Waals surface area contributed by atoms with Crippen molar-refractivity contribution < 1.29 is 9.84 Å². The molecule has 1 rings (SSSR count). The van der Waals surface area contributed by atoms with Crippen molar-refractivity contribution in [1.82, 2.24) is 9.78 Å². The average Bonchev–Trinajstić information content (AvgIpc) is 2.57. The quantitative estimate of drug-likeness (QED) is 0.631. The lowest BCUT2D eigenvalue weighted by atomic mass is 10.2. The molecule has 1 aromatic heterocycles. The van der Waals surface area contributed by atoms with Crippen molar-refractivity contribution in [3.8, 4) is 0 Å². The van der Waals surface area contributed by atoms with Crippen molar-refractivity contribution in [3.63, 3.8) is 0 Å². The van der Waals surface area contributed by atoms with Crippen LogP contribution >= 0.6 is 0 Å². The van der Waals surface area contributed by atoms with E-state index in [9.17, 15) is 5.11 Å². The topological polar surface area (TPSA) is 73.3 Å². The summed E-state index contributed by atoms with van der Waals surface area (Å²) in [6, 6.07) is 1.47. The fourth-order valence-electron chi connectivity index (χ4n) is 1.04. The van der Waals surface area contributed by atoms with Gasteiger partial charge in [-0.25, -0.2) is 0 Å². The first-order valence-electron chi connectivity index (χ1n) is 4.14. The summed E-state index contributed by atoms with van der Waals surface area (Å²) in [4.78, 5) is 0. The van der Waals surface area contributed by atoms with Crippen LogP contribution in [0.5, 0.6) is 0 Å². The van der Waals surface area contributed by atoms with Crippen LogP contribution in [-0.4, -0.2) is 40.7 Å². The van der Waals surface area contributed by atoms with Gasteiger partial charge in [0.1, 0.15) is 0 Å². The lowest BCUT2D eigenvalue weighted by Crippen LogP contribution is -2.41. The second kappa shape index (κ2) is 4.96. The summed E-state index contributed by atoms with van der Waals surface area (Å²) in [5.41, 5.74) is 5.70. The molecule has 5 nitrogen and oxygen atoms in total. The molecule has 5 heteroatoms. The van der Waals surface area contributed by atoms with Gasteiger partial charge in [-0.2, -0.15) is 5.10 Å². The van der Waals surface area contributed by atoms with Gasteiger partial charge in [0, 0.05) is 19.5 Å². The van der Waals surface area contributed by atoms with Crippen molar-refractivity contribution in [1.29, 1.82) is 0 Å². The third-order valence-electron chi connectivity index (χ3n) is 1.79. The maximum Gasteiger partial charge on any atom is 0.0942 e. The molecule has 3 N–H and O–H groups in total. The minimum atomic E-state index is -0.644. The smallest absolute Gasteiger partial charge is 0.0942 e. The van der Waals surface area contributed by atoms with Gasteiger partial charge in [0.15, 0.2) is 0 Å². The zero-order chi connectivity index (χ0) is 9.68. The molecule has 0 aliphatic carbocycles. The zero-order valence-corrected chi connectivity index (χ0v) is 7.63. The fourth-order valence-corrected chi connectivity index (χ4v) is 1.04. The van der Waals surface area contributed by atoms with Gasteiger partial charge < -0.3 is 15.6 Å². The standard InChI is InChI=1S/C8H15N3O2/c1-13-6-8(12)7(9)5-11-4-2-3-10-11/h2-4,7-8,12H,5-6,9H2,1H3/t7-,8+/m1/s1. The highest BCUT2D eigenvalue weighted by atomic mass is 16.5. The number of aromatic nitrogens is 2. The van der Waals surface area contributed by atoms with Crippen molar-refractivity contribution in [2.45, 2.75) is 18.7 Å². The molecule has 0 saturated carbocycles. The normalized spacial score (nSPS) is 15.6. The monoisotopic (exact) mass is 185 g/mol. The van der Waals surface area contributed by atoms with E-state index in [2.05, 4.69) is 5.10 Å². The maximum absolute atomic E-state index is 9.43. The second-order valence-corrected chi connectivity index (χ2v) is 2.91. The van der Waals surface area contributed by atoms with Crippen molar-refractivity contribution in [2.24, 2.45) is 5.73 Å². The van der Waals surface area contributed by atoms with E-state index in [1.165, 1.54) is 7.11 Å². The Morgan fingerprint density at radius 3 is 3.00 bits per heavy atom. The molecule has 0 fully saturated rings. The summed E-state index contributed by atoms with van der Waals surface area (Å²) in [5.74, 6) is 0. The molecule has 1 heterocycles. The minimum absolute atomic E-state index is 0.252. The van der Waals surface area contributed by atoms with E-state index in [1.54, 1.807) is 17.1 Å². The van der Waals surface area contributed by atoms with Crippen LogP contribution in [0, 0.1) is 0 Å². The number of aliphatic hydroxyl groups is 1. The predicted molar refractivity (Wildman–Crippen MR) is 48.1 cm³/mol. The van der Waals surface area contributed by atoms with Crippen LogP contribution in [-0.2, 0) is 11.3 Å². The van der Waals surface area contributed by atoms with E-state index in [-0.39, 0.29) is 12.6 Å². The highest BCUT2D eigenvalue weighted by Crippen LogP contribution is 1.95. The SMILES string of the molecule is COC[C@H](O)[C@H](N)Cn1cccn1. The number of nitrogens with zero attached hydrogens (tertiary/aromatic N) is 2. The van der Waals surface area contributed by atoms with Crippen LogP contribution in [0.1, 0.15) is 0 Å². The van der Waals surface area contributed by atoms with Gasteiger partial charge in [0.05, 0.1) is 25.3 Å². The van der Waals surface area contributed by atoms with Crippen LogP contribution in [0.25, 0.3) is 0 Å². The summed E-state index contributed by atoms with van der Waals surface area (Å²) in [7, 11) is 1.53. The van der Waals surface area contributed by atoms with Gasteiger partial charge in [-0.1, -0.05) is 0 Å². The number of hydrogen-bond donors (Lipinski definition) is 2. The summed E-state index contributed by atoms with van der Waals surface area (Å²) in [5, 5.41) is 13.4. The lowest BCUT2D eigenvalue weighted by molar-refractivity contribution is 0.0434. The number of ether oxygens (including phenoxy) is 1. The van der Waals surface area contributed by atoms with E-state index in [0.29, 0.717) is 6.54 Å². The molecule has 0 saturated heterocycles. The zero-order valence-electron chi connectivity index (χ0n) is 7.63. The minimum Gasteiger partial charge on any atom is -0.389 e. The van der Waals surface area contributed by atoms with Gasteiger partial charge >= 0.3 is 0 Å². The maximum atomic E-state index is 9.43. The molecule has 0 spiro atoms. The molecule has 0 bridgehead atoms. The molecule has 0 aromatic carbocycles. The Morgan fingerprint density at radius 2 is 2.46 bits per heavy atom. The molecule has 0 unspecified atom stereocenters. The van der Waals surface area contributed by atoms with E-state index < -0.39 is 6.10 Å². The Balaban J connectivity index is 2.36. The lowest BCUT2D eigenvalue weighted by Gasteiger charge is -2.17. The molecule has 74 valence electrons. The van der Waals surface area contributed by atoms with Crippen LogP contribution in [0.2, 0.25) is 0 Å². The largest absolute Gasteiger partial charge is 0.389 e.